The molecule has 0 spiro atoms. The summed E-state index contributed by atoms with van der Waals surface area (Å²) in [5.41, 5.74) is 0.731. The van der Waals surface area contributed by atoms with Crippen molar-refractivity contribution < 1.29 is 14.7 Å². The Morgan fingerprint density at radius 3 is 3.11 bits per heavy atom. The molecule has 0 saturated carbocycles. The molecule has 1 aromatic heterocycles. The summed E-state index contributed by atoms with van der Waals surface area (Å²) in [6.07, 6.45) is 5.79. The van der Waals surface area contributed by atoms with Gasteiger partial charge in [-0.2, -0.15) is 0 Å². The molecule has 0 fully saturated rings. The Kier molecular flexibility index (Phi) is 4.20. The van der Waals surface area contributed by atoms with E-state index in [4.69, 9.17) is 6.42 Å². The van der Waals surface area contributed by atoms with Gasteiger partial charge in [-0.25, -0.2) is 4.79 Å². The summed E-state index contributed by atoms with van der Waals surface area (Å²) in [5, 5.41) is 14.0. The molecule has 0 bridgehead atoms. The summed E-state index contributed by atoms with van der Waals surface area (Å²) in [4.78, 5) is 25.9. The van der Waals surface area contributed by atoms with Gasteiger partial charge in [0.2, 0.25) is 5.91 Å². The number of aliphatic carboxylic acids is 1. The lowest BCUT2D eigenvalue weighted by atomic mass is 10.00. The number of carboxylic acids is 1. The van der Waals surface area contributed by atoms with Gasteiger partial charge in [0.15, 0.2) is 6.04 Å². The third kappa shape index (κ3) is 2.78. The number of hydrogen-bond acceptors (Lipinski definition) is 4. The number of terminal acetylenes is 1. The molecular formula is C13H14N2O3S. The van der Waals surface area contributed by atoms with Gasteiger partial charge in [-0.1, -0.05) is 5.92 Å². The summed E-state index contributed by atoms with van der Waals surface area (Å²) in [6.45, 7) is 0.787. The molecule has 1 atom stereocenters. The first-order valence-electron chi connectivity index (χ1n) is 5.88. The van der Waals surface area contributed by atoms with E-state index >= 15 is 0 Å². The van der Waals surface area contributed by atoms with E-state index < -0.39 is 12.0 Å². The van der Waals surface area contributed by atoms with Crippen LogP contribution in [-0.2, 0) is 16.0 Å². The molecule has 0 saturated heterocycles. The number of rotatable bonds is 4. The van der Waals surface area contributed by atoms with Crippen molar-refractivity contribution in [3.63, 3.8) is 0 Å². The van der Waals surface area contributed by atoms with Gasteiger partial charge in [0.1, 0.15) is 0 Å². The van der Waals surface area contributed by atoms with Crippen molar-refractivity contribution in [2.24, 2.45) is 0 Å². The van der Waals surface area contributed by atoms with Crippen LogP contribution in [0, 0.1) is 12.3 Å². The quantitative estimate of drug-likeness (QED) is 0.621. The van der Waals surface area contributed by atoms with E-state index in [0.29, 0.717) is 19.5 Å². The van der Waals surface area contributed by atoms with Crippen LogP contribution in [0.3, 0.4) is 0 Å². The van der Waals surface area contributed by atoms with Crippen molar-refractivity contribution in [2.75, 3.05) is 19.6 Å². The number of carbonyl (C=O) groups excluding carboxylic acids is 1. The molecule has 100 valence electrons. The number of amides is 1. The number of carboxylic acid groups (broad SMARTS) is 1. The molecular weight excluding hydrogens is 264 g/mol. The zero-order valence-electron chi connectivity index (χ0n) is 10.3. The molecule has 1 aliphatic rings. The maximum Gasteiger partial charge on any atom is 0.331 e. The van der Waals surface area contributed by atoms with Crippen molar-refractivity contribution in [1.29, 1.82) is 0 Å². The maximum absolute atomic E-state index is 12.1. The highest BCUT2D eigenvalue weighted by atomic mass is 32.1. The standard InChI is InChI=1S/C13H14N2O3S/c1-2-5-14-8-11(16)15-6-3-10-9(4-7-19-10)12(15)13(17)18/h1,4,7,12,14H,3,5-6,8H2,(H,17,18). The highest BCUT2D eigenvalue weighted by Gasteiger charge is 2.36. The first kappa shape index (κ1) is 13.6. The van der Waals surface area contributed by atoms with Gasteiger partial charge >= 0.3 is 5.97 Å². The Bertz CT molecular complexity index is 532. The average Bonchev–Trinajstić information content (AvgIpc) is 2.85. The van der Waals surface area contributed by atoms with Crippen LogP contribution in [0.25, 0.3) is 0 Å². The minimum Gasteiger partial charge on any atom is -0.479 e. The van der Waals surface area contributed by atoms with Crippen LogP contribution in [0.5, 0.6) is 0 Å². The molecule has 1 unspecified atom stereocenters. The molecule has 1 amide bonds. The molecule has 1 aromatic rings. The van der Waals surface area contributed by atoms with Crippen LogP contribution in [0.1, 0.15) is 16.5 Å². The molecule has 2 N–H and O–H groups in total. The minimum atomic E-state index is -0.996. The minimum absolute atomic E-state index is 0.0629. The van der Waals surface area contributed by atoms with Gasteiger partial charge < -0.3 is 10.0 Å². The van der Waals surface area contributed by atoms with Crippen LogP contribution in [0.2, 0.25) is 0 Å². The lowest BCUT2D eigenvalue weighted by molar-refractivity contribution is -0.150. The molecule has 6 heteroatoms. The second-order valence-electron chi connectivity index (χ2n) is 4.18. The largest absolute Gasteiger partial charge is 0.479 e. The third-order valence-corrected chi connectivity index (χ3v) is 4.02. The monoisotopic (exact) mass is 278 g/mol. The summed E-state index contributed by atoms with van der Waals surface area (Å²) in [5.74, 6) is 1.14. The predicted molar refractivity (Wildman–Crippen MR) is 71.8 cm³/mol. The summed E-state index contributed by atoms with van der Waals surface area (Å²) < 4.78 is 0. The van der Waals surface area contributed by atoms with Crippen molar-refractivity contribution in [1.82, 2.24) is 10.2 Å². The molecule has 0 aromatic carbocycles. The van der Waals surface area contributed by atoms with Crippen LogP contribution >= 0.6 is 11.3 Å². The predicted octanol–water partition coefficient (Wildman–Crippen LogP) is 0.481. The first-order valence-corrected chi connectivity index (χ1v) is 6.76. The van der Waals surface area contributed by atoms with Crippen LogP contribution in [0.15, 0.2) is 11.4 Å². The molecule has 19 heavy (non-hydrogen) atoms. The summed E-state index contributed by atoms with van der Waals surface area (Å²) in [7, 11) is 0. The van der Waals surface area contributed by atoms with E-state index in [9.17, 15) is 14.7 Å². The fraction of sp³-hybridized carbons (Fsp3) is 0.385. The number of carbonyl (C=O) groups is 2. The van der Waals surface area contributed by atoms with Gasteiger partial charge in [-0.05, 0) is 23.4 Å². The number of fused-ring (bicyclic) bond motifs is 1. The maximum atomic E-state index is 12.1. The van der Waals surface area contributed by atoms with Gasteiger partial charge in [0, 0.05) is 11.4 Å². The fourth-order valence-corrected chi connectivity index (χ4v) is 3.10. The van der Waals surface area contributed by atoms with E-state index in [1.165, 1.54) is 16.2 Å². The van der Waals surface area contributed by atoms with Gasteiger partial charge in [0.05, 0.1) is 13.1 Å². The second-order valence-corrected chi connectivity index (χ2v) is 5.19. The van der Waals surface area contributed by atoms with Crippen molar-refractivity contribution >= 4 is 23.2 Å². The third-order valence-electron chi connectivity index (χ3n) is 3.02. The van der Waals surface area contributed by atoms with E-state index in [2.05, 4.69) is 11.2 Å². The first-order chi connectivity index (χ1) is 9.15. The fourth-order valence-electron chi connectivity index (χ4n) is 2.19. The topological polar surface area (TPSA) is 69.6 Å². The van der Waals surface area contributed by atoms with E-state index in [1.807, 2.05) is 5.38 Å². The Labute approximate surface area is 115 Å². The van der Waals surface area contributed by atoms with Crippen LogP contribution in [-0.4, -0.2) is 41.5 Å². The Morgan fingerprint density at radius 1 is 1.63 bits per heavy atom. The Balaban J connectivity index is 2.15. The molecule has 2 rings (SSSR count). The second kappa shape index (κ2) is 5.87. The van der Waals surface area contributed by atoms with E-state index in [-0.39, 0.29) is 12.5 Å². The Morgan fingerprint density at radius 2 is 2.42 bits per heavy atom. The molecule has 2 heterocycles. The Hall–Kier alpha value is -1.84. The number of hydrogen-bond donors (Lipinski definition) is 2. The van der Waals surface area contributed by atoms with Crippen LogP contribution in [0.4, 0.5) is 0 Å². The van der Waals surface area contributed by atoms with Gasteiger partial charge in [-0.15, -0.1) is 17.8 Å². The zero-order valence-corrected chi connectivity index (χ0v) is 11.1. The smallest absolute Gasteiger partial charge is 0.331 e. The molecule has 0 aliphatic carbocycles. The SMILES string of the molecule is C#CCNCC(=O)N1CCc2sccc2C1C(=O)O. The molecule has 1 aliphatic heterocycles. The highest BCUT2D eigenvalue weighted by molar-refractivity contribution is 7.10. The van der Waals surface area contributed by atoms with Crippen molar-refractivity contribution in [2.45, 2.75) is 12.5 Å². The van der Waals surface area contributed by atoms with Gasteiger partial charge in [-0.3, -0.25) is 10.1 Å². The number of nitrogens with zero attached hydrogens (tertiary/aromatic N) is 1. The number of nitrogens with one attached hydrogen (secondary N) is 1. The normalized spacial score (nSPS) is 17.6. The summed E-state index contributed by atoms with van der Waals surface area (Å²) in [6, 6.07) is 0.905. The zero-order chi connectivity index (χ0) is 13.8. The molecule has 0 radical (unpaired) electrons. The average molecular weight is 278 g/mol. The van der Waals surface area contributed by atoms with E-state index in [0.717, 1.165) is 10.4 Å². The lowest BCUT2D eigenvalue weighted by Gasteiger charge is -2.33. The van der Waals surface area contributed by atoms with Gasteiger partial charge in [0.25, 0.3) is 0 Å². The van der Waals surface area contributed by atoms with E-state index in [1.54, 1.807) is 6.07 Å². The number of thiophene rings is 1. The highest BCUT2D eigenvalue weighted by Crippen LogP contribution is 2.33. The van der Waals surface area contributed by atoms with Crippen molar-refractivity contribution in [3.05, 3.63) is 21.9 Å². The van der Waals surface area contributed by atoms with Crippen LogP contribution < -0.4 is 5.32 Å². The molecule has 5 nitrogen and oxygen atoms in total. The van der Waals surface area contributed by atoms with Crippen molar-refractivity contribution in [3.8, 4) is 12.3 Å². The lowest BCUT2D eigenvalue weighted by Crippen LogP contribution is -2.46. The summed E-state index contributed by atoms with van der Waals surface area (Å²) >= 11 is 1.54.